The molecule has 0 fully saturated rings. The second-order valence-electron chi connectivity index (χ2n) is 5.92. The molecular weight excluding hydrogens is 358 g/mol. The smallest absolute Gasteiger partial charge is 0.353 e. The molecule has 0 aliphatic carbocycles. The number of anilines is 1. The summed E-state index contributed by atoms with van der Waals surface area (Å²) in [6.45, 7) is 0. The first kappa shape index (κ1) is 17.1. The Hall–Kier alpha value is -4.38. The largest absolute Gasteiger partial charge is 0.477 e. The number of furan rings is 1. The van der Waals surface area contributed by atoms with Gasteiger partial charge in [0.15, 0.2) is 0 Å². The lowest BCUT2D eigenvalue weighted by Gasteiger charge is -2.12. The van der Waals surface area contributed by atoms with Crippen molar-refractivity contribution in [3.8, 4) is 39.9 Å². The number of hydrogen-bond donors (Lipinski definition) is 3. The number of pyridine rings is 1. The van der Waals surface area contributed by atoms with E-state index in [-0.39, 0.29) is 17.1 Å². The molecule has 4 N–H and O–H groups in total. The van der Waals surface area contributed by atoms with E-state index in [2.05, 4.69) is 21.3 Å². The summed E-state index contributed by atoms with van der Waals surface area (Å²) in [5.74, 6) is -0.461. The summed E-state index contributed by atoms with van der Waals surface area (Å²) in [6.07, 6.45) is 1.57. The number of benzene rings is 1. The lowest BCUT2D eigenvalue weighted by molar-refractivity contribution is 0.0690. The third kappa shape index (κ3) is 2.87. The zero-order valence-corrected chi connectivity index (χ0v) is 14.4. The molecule has 28 heavy (non-hydrogen) atoms. The van der Waals surface area contributed by atoms with Crippen molar-refractivity contribution < 1.29 is 14.3 Å². The Morgan fingerprint density at radius 2 is 1.89 bits per heavy atom. The van der Waals surface area contributed by atoms with Gasteiger partial charge in [0, 0.05) is 17.2 Å². The monoisotopic (exact) mass is 371 g/mol. The molecule has 0 unspecified atom stereocenters. The maximum atomic E-state index is 11.1. The molecule has 3 heterocycles. The lowest BCUT2D eigenvalue weighted by atomic mass is 9.94. The van der Waals surface area contributed by atoms with Gasteiger partial charge in [0.2, 0.25) is 0 Å². The van der Waals surface area contributed by atoms with E-state index in [4.69, 9.17) is 15.3 Å². The van der Waals surface area contributed by atoms with Gasteiger partial charge in [-0.2, -0.15) is 10.4 Å². The van der Waals surface area contributed by atoms with Crippen LogP contribution >= 0.6 is 0 Å². The van der Waals surface area contributed by atoms with Gasteiger partial charge in [-0.15, -0.1) is 0 Å². The van der Waals surface area contributed by atoms with E-state index in [1.807, 2.05) is 30.3 Å². The second kappa shape index (κ2) is 6.74. The fourth-order valence-electron chi connectivity index (χ4n) is 2.95. The highest BCUT2D eigenvalue weighted by molar-refractivity contribution is 5.89. The maximum absolute atomic E-state index is 11.1. The minimum Gasteiger partial charge on any atom is -0.477 e. The van der Waals surface area contributed by atoms with Gasteiger partial charge in [-0.1, -0.05) is 24.3 Å². The van der Waals surface area contributed by atoms with Gasteiger partial charge < -0.3 is 15.3 Å². The summed E-state index contributed by atoms with van der Waals surface area (Å²) in [6, 6.07) is 16.2. The van der Waals surface area contributed by atoms with E-state index in [1.165, 1.54) is 6.07 Å². The van der Waals surface area contributed by atoms with Crippen molar-refractivity contribution in [2.45, 2.75) is 0 Å². The number of carboxylic acids is 1. The number of H-pyrrole nitrogens is 1. The highest BCUT2D eigenvalue weighted by Crippen LogP contribution is 2.37. The molecule has 136 valence electrons. The first-order valence-corrected chi connectivity index (χ1v) is 8.21. The lowest BCUT2D eigenvalue weighted by Crippen LogP contribution is -2.00. The van der Waals surface area contributed by atoms with E-state index >= 15 is 0 Å². The van der Waals surface area contributed by atoms with Crippen molar-refractivity contribution in [1.29, 1.82) is 5.26 Å². The first-order chi connectivity index (χ1) is 13.6. The molecule has 0 spiro atoms. The number of aromatic carboxylic acids is 1. The van der Waals surface area contributed by atoms with Gasteiger partial charge in [0.05, 0.1) is 12.0 Å². The van der Waals surface area contributed by atoms with Crippen LogP contribution in [0.1, 0.15) is 16.1 Å². The van der Waals surface area contributed by atoms with Crippen LogP contribution in [0.25, 0.3) is 33.8 Å². The van der Waals surface area contributed by atoms with Crippen LogP contribution in [-0.2, 0) is 0 Å². The normalized spacial score (nSPS) is 10.5. The molecule has 0 bridgehead atoms. The van der Waals surface area contributed by atoms with Crippen molar-refractivity contribution in [2.24, 2.45) is 0 Å². The Balaban J connectivity index is 1.94. The first-order valence-electron chi connectivity index (χ1n) is 8.21. The molecule has 4 rings (SSSR count). The van der Waals surface area contributed by atoms with Crippen molar-refractivity contribution in [3.63, 3.8) is 0 Å². The van der Waals surface area contributed by atoms with Crippen molar-refractivity contribution in [3.05, 3.63) is 66.1 Å². The van der Waals surface area contributed by atoms with Gasteiger partial charge in [-0.25, -0.2) is 9.78 Å². The van der Waals surface area contributed by atoms with Gasteiger partial charge >= 0.3 is 5.97 Å². The predicted molar refractivity (Wildman–Crippen MR) is 101 cm³/mol. The van der Waals surface area contributed by atoms with E-state index in [9.17, 15) is 10.1 Å². The molecule has 0 saturated heterocycles. The van der Waals surface area contributed by atoms with Gasteiger partial charge in [-0.05, 0) is 23.8 Å². The van der Waals surface area contributed by atoms with Crippen LogP contribution in [0.3, 0.4) is 0 Å². The van der Waals surface area contributed by atoms with E-state index in [0.29, 0.717) is 22.7 Å². The fourth-order valence-corrected chi connectivity index (χ4v) is 2.95. The Labute approximate surface area is 158 Å². The van der Waals surface area contributed by atoms with Crippen molar-refractivity contribution >= 4 is 11.8 Å². The minimum absolute atomic E-state index is 0.0316. The number of nitrogens with two attached hydrogens (primary N) is 1. The quantitative estimate of drug-likeness (QED) is 0.498. The maximum Gasteiger partial charge on any atom is 0.353 e. The summed E-state index contributed by atoms with van der Waals surface area (Å²) >= 11 is 0. The minimum atomic E-state index is -1.14. The number of nitriles is 1. The zero-order valence-electron chi connectivity index (χ0n) is 14.4. The van der Waals surface area contributed by atoms with Crippen LogP contribution in [0, 0.1) is 11.3 Å². The molecule has 0 radical (unpaired) electrons. The molecule has 0 amide bonds. The SMILES string of the molecule is N#Cc1c(-c2ccccc2-c2ccco2)cc(-c2cc(C(=O)O)[nH]n2)nc1N. The van der Waals surface area contributed by atoms with Gasteiger partial charge in [0.25, 0.3) is 0 Å². The molecule has 8 heteroatoms. The second-order valence-corrected chi connectivity index (χ2v) is 5.92. The number of nitrogens with one attached hydrogen (secondary N) is 1. The molecule has 0 aliphatic rings. The number of nitrogens with zero attached hydrogens (tertiary/aromatic N) is 3. The van der Waals surface area contributed by atoms with Crippen LogP contribution in [-0.4, -0.2) is 26.3 Å². The molecule has 0 aliphatic heterocycles. The predicted octanol–water partition coefficient (Wildman–Crippen LogP) is 3.55. The Kier molecular flexibility index (Phi) is 4.10. The van der Waals surface area contributed by atoms with Crippen LogP contribution in [0.5, 0.6) is 0 Å². The van der Waals surface area contributed by atoms with Crippen LogP contribution in [0.15, 0.2) is 59.2 Å². The average molecular weight is 371 g/mol. The third-order valence-corrected chi connectivity index (χ3v) is 4.23. The molecule has 8 nitrogen and oxygen atoms in total. The van der Waals surface area contributed by atoms with E-state index in [0.717, 1.165) is 11.1 Å². The molecular formula is C20H13N5O3. The Morgan fingerprint density at radius 3 is 2.54 bits per heavy atom. The summed E-state index contributed by atoms with van der Waals surface area (Å²) < 4.78 is 5.52. The number of nitrogen functional groups attached to an aromatic ring is 1. The van der Waals surface area contributed by atoms with Gasteiger partial charge in [-0.3, -0.25) is 5.10 Å². The molecule has 4 aromatic rings. The van der Waals surface area contributed by atoms with Crippen molar-refractivity contribution in [1.82, 2.24) is 15.2 Å². The third-order valence-electron chi connectivity index (χ3n) is 4.23. The average Bonchev–Trinajstić information content (AvgIpc) is 3.39. The summed E-state index contributed by atoms with van der Waals surface area (Å²) in [7, 11) is 0. The number of rotatable bonds is 4. The standard InChI is InChI=1S/C20H13N5O3/c21-10-14-13(11-4-1-2-5-12(11)18-6-3-7-28-18)8-15(23-19(14)22)16-9-17(20(26)27)25-24-16/h1-9H,(H2,22,23)(H,24,25)(H,26,27). The van der Waals surface area contributed by atoms with Crippen LogP contribution in [0.2, 0.25) is 0 Å². The zero-order chi connectivity index (χ0) is 19.7. The highest BCUT2D eigenvalue weighted by Gasteiger charge is 2.19. The van der Waals surface area contributed by atoms with E-state index in [1.54, 1.807) is 18.4 Å². The Bertz CT molecular complexity index is 1220. The number of hydrogen-bond acceptors (Lipinski definition) is 6. The molecule has 0 saturated carbocycles. The number of carbonyl (C=O) groups is 1. The number of aromatic nitrogens is 3. The van der Waals surface area contributed by atoms with Crippen LogP contribution < -0.4 is 5.73 Å². The van der Waals surface area contributed by atoms with Gasteiger partial charge in [0.1, 0.15) is 34.6 Å². The summed E-state index contributed by atoms with van der Waals surface area (Å²) in [5.41, 5.74) is 8.91. The fraction of sp³-hybridized carbons (Fsp3) is 0. The highest BCUT2D eigenvalue weighted by atomic mass is 16.4. The van der Waals surface area contributed by atoms with Crippen molar-refractivity contribution in [2.75, 3.05) is 5.73 Å². The molecule has 3 aromatic heterocycles. The van der Waals surface area contributed by atoms with Crippen LogP contribution in [0.4, 0.5) is 5.82 Å². The number of carboxylic acid groups (broad SMARTS) is 1. The molecule has 0 atom stereocenters. The number of aromatic amines is 1. The topological polar surface area (TPSA) is 142 Å². The van der Waals surface area contributed by atoms with E-state index < -0.39 is 5.97 Å². The molecule has 1 aromatic carbocycles. The summed E-state index contributed by atoms with van der Waals surface area (Å²) in [4.78, 5) is 15.3. The Morgan fingerprint density at radius 1 is 1.11 bits per heavy atom. The summed E-state index contributed by atoms with van der Waals surface area (Å²) in [5, 5.41) is 25.1.